The lowest BCUT2D eigenvalue weighted by Gasteiger charge is -2.18. The van der Waals surface area contributed by atoms with Gasteiger partial charge in [-0.1, -0.05) is 27.7 Å². The second kappa shape index (κ2) is 11.7. The van der Waals surface area contributed by atoms with Gasteiger partial charge in [0.15, 0.2) is 0 Å². The topological polar surface area (TPSA) is 23.6 Å². The Kier molecular flexibility index (Phi) is 11.4. The lowest BCUT2D eigenvalue weighted by molar-refractivity contribution is -0.119. The maximum Gasteiger partial charge on any atom is 0.133 e. The number of ketones is 1. The number of carbonyl (C=O) groups excluding carboxylic acids is 1. The number of carbonyl (C=O) groups is 1. The van der Waals surface area contributed by atoms with Gasteiger partial charge < -0.3 is 9.80 Å². The molecule has 0 radical (unpaired) electrons. The molecule has 0 spiro atoms. The SMILES string of the molecule is CCN(CC)CCCC(=O)CCCN(CC)CC. The molecule has 108 valence electrons. The van der Waals surface area contributed by atoms with E-state index in [0.29, 0.717) is 5.78 Å². The monoisotopic (exact) mass is 256 g/mol. The predicted molar refractivity (Wildman–Crippen MR) is 79.1 cm³/mol. The highest BCUT2D eigenvalue weighted by atomic mass is 16.1. The summed E-state index contributed by atoms with van der Waals surface area (Å²) in [6.45, 7) is 15.2. The summed E-state index contributed by atoms with van der Waals surface area (Å²) in [4.78, 5) is 16.5. The zero-order valence-electron chi connectivity index (χ0n) is 12.9. The summed E-state index contributed by atoms with van der Waals surface area (Å²) in [5, 5.41) is 0. The molecule has 0 aliphatic heterocycles. The molecule has 0 bridgehead atoms. The molecule has 0 aromatic rings. The predicted octanol–water partition coefficient (Wildman–Crippen LogP) is 2.80. The van der Waals surface area contributed by atoms with Crippen LogP contribution in [-0.4, -0.2) is 54.9 Å². The van der Waals surface area contributed by atoms with Crippen LogP contribution in [0, 0.1) is 0 Å². The van der Waals surface area contributed by atoms with Gasteiger partial charge in [-0.15, -0.1) is 0 Å². The first-order valence-corrected chi connectivity index (χ1v) is 7.64. The Hall–Kier alpha value is -0.410. The van der Waals surface area contributed by atoms with Crippen LogP contribution in [0.5, 0.6) is 0 Å². The lowest BCUT2D eigenvalue weighted by atomic mass is 10.1. The van der Waals surface area contributed by atoms with Crippen molar-refractivity contribution in [2.45, 2.75) is 53.4 Å². The highest BCUT2D eigenvalue weighted by molar-refractivity contribution is 5.78. The molecule has 0 saturated carbocycles. The van der Waals surface area contributed by atoms with E-state index in [9.17, 15) is 4.79 Å². The number of hydrogen-bond acceptors (Lipinski definition) is 3. The molecule has 3 heteroatoms. The zero-order chi connectivity index (χ0) is 13.8. The highest BCUT2D eigenvalue weighted by Gasteiger charge is 2.05. The van der Waals surface area contributed by atoms with Gasteiger partial charge >= 0.3 is 0 Å². The Morgan fingerprint density at radius 1 is 0.722 bits per heavy atom. The molecule has 0 N–H and O–H groups in total. The van der Waals surface area contributed by atoms with E-state index in [1.165, 1.54) is 0 Å². The van der Waals surface area contributed by atoms with Crippen LogP contribution in [0.25, 0.3) is 0 Å². The van der Waals surface area contributed by atoms with Crippen molar-refractivity contribution in [3.63, 3.8) is 0 Å². The van der Waals surface area contributed by atoms with Crippen molar-refractivity contribution in [3.05, 3.63) is 0 Å². The minimum Gasteiger partial charge on any atom is -0.304 e. The van der Waals surface area contributed by atoms with E-state index in [-0.39, 0.29) is 0 Å². The van der Waals surface area contributed by atoms with Crippen molar-refractivity contribution in [3.8, 4) is 0 Å². The van der Waals surface area contributed by atoms with Crippen LogP contribution >= 0.6 is 0 Å². The molecule has 0 saturated heterocycles. The minimum absolute atomic E-state index is 0.439. The summed E-state index contributed by atoms with van der Waals surface area (Å²) in [5.74, 6) is 0.439. The molecule has 0 heterocycles. The average Bonchev–Trinajstić information content (AvgIpc) is 2.40. The highest BCUT2D eigenvalue weighted by Crippen LogP contribution is 2.02. The molecule has 0 aliphatic carbocycles. The first-order chi connectivity index (χ1) is 8.67. The van der Waals surface area contributed by atoms with Crippen molar-refractivity contribution in [1.82, 2.24) is 9.80 Å². The number of Topliss-reactive ketones (excluding diaryl/α,β-unsaturated/α-hetero) is 1. The molecule has 0 fully saturated rings. The van der Waals surface area contributed by atoms with Crippen LogP contribution in [0.3, 0.4) is 0 Å². The van der Waals surface area contributed by atoms with E-state index in [1.807, 2.05) is 0 Å². The summed E-state index contributed by atoms with van der Waals surface area (Å²) >= 11 is 0. The molecular weight excluding hydrogens is 224 g/mol. The van der Waals surface area contributed by atoms with E-state index >= 15 is 0 Å². The Balaban J connectivity index is 3.54. The molecule has 0 aliphatic rings. The first kappa shape index (κ1) is 17.6. The van der Waals surface area contributed by atoms with Gasteiger partial charge in [-0.2, -0.15) is 0 Å². The summed E-state index contributed by atoms with van der Waals surface area (Å²) in [6.07, 6.45) is 3.56. The fourth-order valence-corrected chi connectivity index (χ4v) is 2.20. The molecule has 0 unspecified atom stereocenters. The standard InChI is InChI=1S/C15H32N2O/c1-5-16(6-2)13-9-11-15(18)12-10-14-17(7-3)8-4/h5-14H2,1-4H3. The second-order valence-electron chi connectivity index (χ2n) is 4.80. The van der Waals surface area contributed by atoms with E-state index in [1.54, 1.807) is 0 Å². The summed E-state index contributed by atoms with van der Waals surface area (Å²) in [7, 11) is 0. The summed E-state index contributed by atoms with van der Waals surface area (Å²) in [6, 6.07) is 0. The number of nitrogens with zero attached hydrogens (tertiary/aromatic N) is 2. The molecule has 0 rings (SSSR count). The Morgan fingerprint density at radius 2 is 1.06 bits per heavy atom. The number of rotatable bonds is 12. The maximum absolute atomic E-state index is 11.7. The zero-order valence-corrected chi connectivity index (χ0v) is 12.9. The van der Waals surface area contributed by atoms with Crippen LogP contribution in [0.15, 0.2) is 0 Å². The summed E-state index contributed by atoms with van der Waals surface area (Å²) < 4.78 is 0. The third-order valence-corrected chi connectivity index (χ3v) is 3.65. The van der Waals surface area contributed by atoms with Gasteiger partial charge in [0, 0.05) is 12.8 Å². The largest absolute Gasteiger partial charge is 0.304 e. The van der Waals surface area contributed by atoms with Crippen LogP contribution in [0.4, 0.5) is 0 Å². The fraction of sp³-hybridized carbons (Fsp3) is 0.933. The van der Waals surface area contributed by atoms with Crippen LogP contribution in [0.1, 0.15) is 53.4 Å². The molecular formula is C15H32N2O. The lowest BCUT2D eigenvalue weighted by Crippen LogP contribution is -2.25. The third-order valence-electron chi connectivity index (χ3n) is 3.65. The van der Waals surface area contributed by atoms with Gasteiger partial charge in [-0.25, -0.2) is 0 Å². The van der Waals surface area contributed by atoms with Gasteiger partial charge in [0.2, 0.25) is 0 Å². The molecule has 3 nitrogen and oxygen atoms in total. The fourth-order valence-electron chi connectivity index (χ4n) is 2.20. The Bertz CT molecular complexity index is 179. The van der Waals surface area contributed by atoms with Gasteiger partial charge in [-0.3, -0.25) is 4.79 Å². The molecule has 0 aromatic heterocycles. The van der Waals surface area contributed by atoms with E-state index in [2.05, 4.69) is 37.5 Å². The van der Waals surface area contributed by atoms with E-state index in [4.69, 9.17) is 0 Å². The van der Waals surface area contributed by atoms with Crippen molar-refractivity contribution in [2.75, 3.05) is 39.3 Å². The van der Waals surface area contributed by atoms with Gasteiger partial charge in [0.05, 0.1) is 0 Å². The number of hydrogen-bond donors (Lipinski definition) is 0. The Morgan fingerprint density at radius 3 is 1.33 bits per heavy atom. The maximum atomic E-state index is 11.7. The van der Waals surface area contributed by atoms with Crippen molar-refractivity contribution < 1.29 is 4.79 Å². The smallest absolute Gasteiger partial charge is 0.133 e. The normalized spacial score (nSPS) is 11.4. The first-order valence-electron chi connectivity index (χ1n) is 7.64. The summed E-state index contributed by atoms with van der Waals surface area (Å²) in [5.41, 5.74) is 0. The molecule has 0 aromatic carbocycles. The van der Waals surface area contributed by atoms with E-state index < -0.39 is 0 Å². The van der Waals surface area contributed by atoms with Crippen LogP contribution < -0.4 is 0 Å². The second-order valence-corrected chi connectivity index (χ2v) is 4.80. The average molecular weight is 256 g/mol. The van der Waals surface area contributed by atoms with Crippen molar-refractivity contribution in [2.24, 2.45) is 0 Å². The molecule has 18 heavy (non-hydrogen) atoms. The Labute approximate surface area is 114 Å². The molecule has 0 amide bonds. The van der Waals surface area contributed by atoms with Crippen molar-refractivity contribution >= 4 is 5.78 Å². The van der Waals surface area contributed by atoms with E-state index in [0.717, 1.165) is 65.0 Å². The van der Waals surface area contributed by atoms with Crippen molar-refractivity contribution in [1.29, 1.82) is 0 Å². The third kappa shape index (κ3) is 8.65. The van der Waals surface area contributed by atoms with Crippen LogP contribution in [0.2, 0.25) is 0 Å². The minimum atomic E-state index is 0.439. The quantitative estimate of drug-likeness (QED) is 0.536. The van der Waals surface area contributed by atoms with Gasteiger partial charge in [0.1, 0.15) is 5.78 Å². The van der Waals surface area contributed by atoms with Crippen LogP contribution in [-0.2, 0) is 4.79 Å². The molecule has 0 atom stereocenters. The van der Waals surface area contributed by atoms with Gasteiger partial charge in [0.25, 0.3) is 0 Å². The van der Waals surface area contributed by atoms with Gasteiger partial charge in [-0.05, 0) is 52.1 Å².